The SMILES string of the molecule is Cc1cccc(N2C(=N)C(=Cc3ccc(Cl)cc3)C(N)=C(C#N)C2=O)c1. The number of amidine groups is 1. The molecule has 1 amide bonds. The summed E-state index contributed by atoms with van der Waals surface area (Å²) in [6.07, 6.45) is 1.67. The molecule has 2 aromatic carbocycles. The number of halogens is 1. The van der Waals surface area contributed by atoms with Crippen LogP contribution in [0.15, 0.2) is 65.4 Å². The maximum absolute atomic E-state index is 12.7. The number of carbonyl (C=O) groups is 1. The Labute approximate surface area is 156 Å². The van der Waals surface area contributed by atoms with Gasteiger partial charge in [0.05, 0.1) is 11.4 Å². The Morgan fingerprint density at radius 3 is 2.54 bits per heavy atom. The Bertz CT molecular complexity index is 1010. The van der Waals surface area contributed by atoms with E-state index in [2.05, 4.69) is 0 Å². The highest BCUT2D eigenvalue weighted by atomic mass is 35.5. The largest absolute Gasteiger partial charge is 0.397 e. The van der Waals surface area contributed by atoms with Crippen LogP contribution in [0.4, 0.5) is 5.69 Å². The Morgan fingerprint density at radius 2 is 1.92 bits per heavy atom. The summed E-state index contributed by atoms with van der Waals surface area (Å²) < 4.78 is 0. The molecule has 0 aliphatic carbocycles. The molecule has 0 atom stereocenters. The van der Waals surface area contributed by atoms with Gasteiger partial charge in [0.25, 0.3) is 5.91 Å². The number of rotatable bonds is 2. The molecule has 3 rings (SSSR count). The lowest BCUT2D eigenvalue weighted by atomic mass is 9.97. The van der Waals surface area contributed by atoms with Gasteiger partial charge in [0, 0.05) is 10.6 Å². The summed E-state index contributed by atoms with van der Waals surface area (Å²) in [5, 5.41) is 18.5. The molecule has 1 aliphatic rings. The molecular weight excluding hydrogens is 348 g/mol. The molecule has 0 bridgehead atoms. The molecule has 0 saturated carbocycles. The Kier molecular flexibility index (Phi) is 4.61. The smallest absolute Gasteiger partial charge is 0.276 e. The van der Waals surface area contributed by atoms with Gasteiger partial charge in [0.15, 0.2) is 0 Å². The number of amides is 1. The molecule has 0 radical (unpaired) electrons. The van der Waals surface area contributed by atoms with Crippen molar-refractivity contribution in [1.29, 1.82) is 10.7 Å². The number of hydrogen-bond acceptors (Lipinski definition) is 4. The quantitative estimate of drug-likeness (QED) is 0.850. The van der Waals surface area contributed by atoms with Gasteiger partial charge >= 0.3 is 0 Å². The summed E-state index contributed by atoms with van der Waals surface area (Å²) in [6.45, 7) is 1.89. The van der Waals surface area contributed by atoms with Crippen LogP contribution in [0.5, 0.6) is 0 Å². The highest BCUT2D eigenvalue weighted by molar-refractivity contribution is 6.33. The molecule has 0 saturated heterocycles. The predicted molar refractivity (Wildman–Crippen MR) is 103 cm³/mol. The van der Waals surface area contributed by atoms with Crippen LogP contribution in [-0.4, -0.2) is 11.7 Å². The molecule has 0 aromatic heterocycles. The highest BCUT2D eigenvalue weighted by Gasteiger charge is 2.34. The molecule has 5 nitrogen and oxygen atoms in total. The van der Waals surface area contributed by atoms with Crippen molar-refractivity contribution in [2.75, 3.05) is 4.90 Å². The first kappa shape index (κ1) is 17.5. The van der Waals surface area contributed by atoms with Crippen molar-refractivity contribution in [3.05, 3.63) is 81.5 Å². The van der Waals surface area contributed by atoms with E-state index in [9.17, 15) is 10.1 Å². The lowest BCUT2D eigenvalue weighted by Gasteiger charge is -2.29. The van der Waals surface area contributed by atoms with Gasteiger partial charge in [-0.2, -0.15) is 5.26 Å². The van der Waals surface area contributed by atoms with Crippen molar-refractivity contribution < 1.29 is 4.79 Å². The fourth-order valence-electron chi connectivity index (χ4n) is 2.70. The summed E-state index contributed by atoms with van der Waals surface area (Å²) in [6, 6.07) is 16.0. The van der Waals surface area contributed by atoms with Gasteiger partial charge in [0.1, 0.15) is 17.5 Å². The molecule has 26 heavy (non-hydrogen) atoms. The summed E-state index contributed by atoms with van der Waals surface area (Å²) in [5.74, 6) is -0.680. The molecular formula is C20H15ClN4O. The maximum Gasteiger partial charge on any atom is 0.276 e. The number of nitrogens with two attached hydrogens (primary N) is 1. The van der Waals surface area contributed by atoms with Gasteiger partial charge in [-0.3, -0.25) is 15.1 Å². The van der Waals surface area contributed by atoms with Crippen molar-refractivity contribution in [3.63, 3.8) is 0 Å². The number of anilines is 1. The van der Waals surface area contributed by atoms with Gasteiger partial charge in [-0.15, -0.1) is 0 Å². The summed E-state index contributed by atoms with van der Waals surface area (Å²) in [5.41, 5.74) is 8.38. The summed E-state index contributed by atoms with van der Waals surface area (Å²) in [7, 11) is 0. The van der Waals surface area contributed by atoms with E-state index in [0.29, 0.717) is 16.3 Å². The van der Waals surface area contributed by atoms with E-state index in [4.69, 9.17) is 22.7 Å². The Hall–Kier alpha value is -3.36. The summed E-state index contributed by atoms with van der Waals surface area (Å²) >= 11 is 5.90. The Balaban J connectivity index is 2.17. The lowest BCUT2D eigenvalue weighted by Crippen LogP contribution is -2.44. The number of aryl methyl sites for hydroxylation is 1. The second-order valence-corrected chi connectivity index (χ2v) is 6.27. The summed E-state index contributed by atoms with van der Waals surface area (Å²) in [4.78, 5) is 13.9. The van der Waals surface area contributed by atoms with Crippen LogP contribution in [0.3, 0.4) is 0 Å². The van der Waals surface area contributed by atoms with E-state index < -0.39 is 5.91 Å². The number of carbonyl (C=O) groups excluding carboxylic acids is 1. The zero-order chi connectivity index (χ0) is 18.8. The highest BCUT2D eigenvalue weighted by Crippen LogP contribution is 2.29. The van der Waals surface area contributed by atoms with E-state index in [-0.39, 0.29) is 17.1 Å². The second kappa shape index (κ2) is 6.87. The van der Waals surface area contributed by atoms with E-state index in [0.717, 1.165) is 11.1 Å². The molecule has 1 aliphatic heterocycles. The molecule has 2 aromatic rings. The van der Waals surface area contributed by atoms with Crippen LogP contribution >= 0.6 is 11.6 Å². The number of nitrogens with one attached hydrogen (secondary N) is 1. The molecule has 0 spiro atoms. The number of nitrogens with zero attached hydrogens (tertiary/aromatic N) is 2. The minimum Gasteiger partial charge on any atom is -0.397 e. The fraction of sp³-hybridized carbons (Fsp3) is 0.0500. The monoisotopic (exact) mass is 362 g/mol. The first-order valence-corrected chi connectivity index (χ1v) is 8.17. The lowest BCUT2D eigenvalue weighted by molar-refractivity contribution is -0.114. The van der Waals surface area contributed by atoms with Crippen molar-refractivity contribution in [2.45, 2.75) is 6.92 Å². The van der Waals surface area contributed by atoms with Crippen LogP contribution in [0, 0.1) is 23.7 Å². The van der Waals surface area contributed by atoms with Gasteiger partial charge in [-0.25, -0.2) is 0 Å². The fourth-order valence-corrected chi connectivity index (χ4v) is 2.83. The van der Waals surface area contributed by atoms with E-state index in [1.807, 2.05) is 19.1 Å². The maximum atomic E-state index is 12.7. The van der Waals surface area contributed by atoms with Crippen LogP contribution in [-0.2, 0) is 4.79 Å². The molecule has 0 fully saturated rings. The molecule has 3 N–H and O–H groups in total. The predicted octanol–water partition coefficient (Wildman–Crippen LogP) is 3.79. The van der Waals surface area contributed by atoms with Crippen LogP contribution in [0.25, 0.3) is 6.08 Å². The number of hydrogen-bond donors (Lipinski definition) is 2. The van der Waals surface area contributed by atoms with Crippen LogP contribution < -0.4 is 10.6 Å². The minimum atomic E-state index is -0.603. The zero-order valence-electron chi connectivity index (χ0n) is 14.0. The molecule has 6 heteroatoms. The first-order chi connectivity index (χ1) is 12.4. The molecule has 0 unspecified atom stereocenters. The third kappa shape index (κ3) is 3.10. The average Bonchev–Trinajstić information content (AvgIpc) is 2.61. The standard InChI is InChI=1S/C20H15ClN4O/c1-12-3-2-4-15(9-12)25-19(24)16(18(23)17(11-22)20(25)26)10-13-5-7-14(21)8-6-13/h2-10,24H,23H2,1H3. The van der Waals surface area contributed by atoms with Gasteiger partial charge < -0.3 is 5.73 Å². The minimum absolute atomic E-state index is 0.00125. The van der Waals surface area contributed by atoms with Gasteiger partial charge in [0.2, 0.25) is 0 Å². The third-order valence-electron chi connectivity index (χ3n) is 4.01. The number of nitriles is 1. The van der Waals surface area contributed by atoms with Crippen LogP contribution in [0.2, 0.25) is 5.02 Å². The van der Waals surface area contributed by atoms with Crippen molar-refractivity contribution in [1.82, 2.24) is 0 Å². The Morgan fingerprint density at radius 1 is 1.23 bits per heavy atom. The van der Waals surface area contributed by atoms with E-state index in [1.165, 1.54) is 4.90 Å². The normalized spacial score (nSPS) is 16.2. The molecule has 128 valence electrons. The van der Waals surface area contributed by atoms with E-state index in [1.54, 1.807) is 48.5 Å². The zero-order valence-corrected chi connectivity index (χ0v) is 14.7. The van der Waals surface area contributed by atoms with Crippen molar-refractivity contribution >= 4 is 35.1 Å². The average molecular weight is 363 g/mol. The van der Waals surface area contributed by atoms with E-state index >= 15 is 0 Å². The van der Waals surface area contributed by atoms with Crippen molar-refractivity contribution in [3.8, 4) is 6.07 Å². The van der Waals surface area contributed by atoms with Crippen LogP contribution in [0.1, 0.15) is 11.1 Å². The van der Waals surface area contributed by atoms with Crippen molar-refractivity contribution in [2.24, 2.45) is 5.73 Å². The topological polar surface area (TPSA) is 94.0 Å². The molecule has 1 heterocycles. The van der Waals surface area contributed by atoms with Gasteiger partial charge in [-0.1, -0.05) is 35.9 Å². The third-order valence-corrected chi connectivity index (χ3v) is 4.26. The first-order valence-electron chi connectivity index (χ1n) is 7.80. The number of benzene rings is 2. The van der Waals surface area contributed by atoms with Gasteiger partial charge in [-0.05, 0) is 48.4 Å². The second-order valence-electron chi connectivity index (χ2n) is 5.84.